The minimum Gasteiger partial charge on any atom is -0.390 e. The van der Waals surface area contributed by atoms with Gasteiger partial charge in [0.25, 0.3) is 0 Å². The Bertz CT molecular complexity index is 338. The normalized spacial score (nSPS) is 20.2. The number of benzene rings is 1. The van der Waals surface area contributed by atoms with Crippen molar-refractivity contribution in [1.29, 1.82) is 0 Å². The Balaban J connectivity index is 2.01. The van der Waals surface area contributed by atoms with Crippen LogP contribution in [0.2, 0.25) is 0 Å². The van der Waals surface area contributed by atoms with Crippen molar-refractivity contribution in [3.05, 3.63) is 33.4 Å². The Labute approximate surface area is 110 Å². The van der Waals surface area contributed by atoms with Crippen molar-refractivity contribution in [3.8, 4) is 0 Å². The zero-order chi connectivity index (χ0) is 11.6. The molecule has 0 radical (unpaired) electrons. The average Bonchev–Trinajstić information content (AvgIpc) is 2.21. The van der Waals surface area contributed by atoms with Gasteiger partial charge in [-0.3, -0.25) is 0 Å². The van der Waals surface area contributed by atoms with E-state index in [0.717, 1.165) is 19.3 Å². The van der Waals surface area contributed by atoms with Crippen molar-refractivity contribution in [2.45, 2.75) is 37.4 Å². The van der Waals surface area contributed by atoms with Gasteiger partial charge in [-0.25, -0.2) is 0 Å². The Hall–Kier alpha value is -0.130. The molecule has 3 heteroatoms. The molecule has 16 heavy (non-hydrogen) atoms. The summed E-state index contributed by atoms with van der Waals surface area (Å²) in [5.41, 5.74) is 0.902. The van der Waals surface area contributed by atoms with E-state index in [4.69, 9.17) is 4.74 Å². The summed E-state index contributed by atoms with van der Waals surface area (Å²) in [4.78, 5) is 0. The molecule has 1 atom stereocenters. The Morgan fingerprint density at radius 2 is 2.00 bits per heavy atom. The third kappa shape index (κ3) is 2.41. The van der Waals surface area contributed by atoms with Crippen LogP contribution in [0, 0.1) is 3.57 Å². The number of aliphatic hydroxyl groups is 1. The molecule has 0 heterocycles. The van der Waals surface area contributed by atoms with Gasteiger partial charge in [0.1, 0.15) is 0 Å². The van der Waals surface area contributed by atoms with Gasteiger partial charge in [0, 0.05) is 17.1 Å². The number of aliphatic hydroxyl groups excluding tert-OH is 1. The lowest BCUT2D eigenvalue weighted by molar-refractivity contribution is -0.148. The largest absolute Gasteiger partial charge is 0.390 e. The van der Waals surface area contributed by atoms with Gasteiger partial charge < -0.3 is 9.84 Å². The number of ether oxygens (including phenoxy) is 1. The van der Waals surface area contributed by atoms with Crippen molar-refractivity contribution in [1.82, 2.24) is 0 Å². The molecule has 1 aliphatic carbocycles. The molecule has 0 saturated heterocycles. The lowest BCUT2D eigenvalue weighted by Gasteiger charge is -2.44. The van der Waals surface area contributed by atoms with Crippen molar-refractivity contribution in [2.75, 3.05) is 7.11 Å². The van der Waals surface area contributed by atoms with Crippen molar-refractivity contribution >= 4 is 22.6 Å². The van der Waals surface area contributed by atoms with Gasteiger partial charge >= 0.3 is 0 Å². The summed E-state index contributed by atoms with van der Waals surface area (Å²) in [7, 11) is 1.70. The molecule has 2 rings (SSSR count). The molecule has 1 saturated carbocycles. The molecule has 0 amide bonds. The first-order chi connectivity index (χ1) is 7.66. The summed E-state index contributed by atoms with van der Waals surface area (Å²) in [5, 5.41) is 10.2. The fourth-order valence-electron chi connectivity index (χ4n) is 2.23. The van der Waals surface area contributed by atoms with E-state index < -0.39 is 0 Å². The molecule has 1 unspecified atom stereocenters. The number of rotatable bonds is 4. The molecule has 1 N–H and O–H groups in total. The standard InChI is InChI=1S/C13H17IO2/c1-16-13(7-2-8-13)12(15)9-10-3-5-11(14)6-4-10/h3-6,12,15H,2,7-9H2,1H3. The third-order valence-corrected chi connectivity index (χ3v) is 4.28. The predicted molar refractivity (Wildman–Crippen MR) is 72.5 cm³/mol. The van der Waals surface area contributed by atoms with Crippen molar-refractivity contribution in [2.24, 2.45) is 0 Å². The van der Waals surface area contributed by atoms with Crippen LogP contribution < -0.4 is 0 Å². The van der Waals surface area contributed by atoms with E-state index in [9.17, 15) is 5.11 Å². The third-order valence-electron chi connectivity index (χ3n) is 3.56. The van der Waals surface area contributed by atoms with E-state index in [-0.39, 0.29) is 11.7 Å². The zero-order valence-electron chi connectivity index (χ0n) is 9.45. The topological polar surface area (TPSA) is 29.5 Å². The maximum absolute atomic E-state index is 10.2. The SMILES string of the molecule is COC1(C(O)Cc2ccc(I)cc2)CCC1. The molecular formula is C13H17IO2. The molecule has 0 bridgehead atoms. The van der Waals surface area contributed by atoms with Gasteiger partial charge in [-0.15, -0.1) is 0 Å². The average molecular weight is 332 g/mol. The molecular weight excluding hydrogens is 315 g/mol. The van der Waals surface area contributed by atoms with Crippen LogP contribution >= 0.6 is 22.6 Å². The molecule has 1 fully saturated rings. The minimum atomic E-state index is -0.383. The maximum atomic E-state index is 10.2. The van der Waals surface area contributed by atoms with Gasteiger partial charge in [0.05, 0.1) is 11.7 Å². The smallest absolute Gasteiger partial charge is 0.0939 e. The summed E-state index contributed by atoms with van der Waals surface area (Å²) in [5.74, 6) is 0. The van der Waals surface area contributed by atoms with Gasteiger partial charge in [-0.1, -0.05) is 12.1 Å². The number of halogens is 1. The predicted octanol–water partition coefficient (Wildman–Crippen LogP) is 2.76. The molecule has 0 spiro atoms. The second-order valence-corrected chi connectivity index (χ2v) is 5.71. The molecule has 0 aromatic heterocycles. The highest BCUT2D eigenvalue weighted by Gasteiger charge is 2.43. The van der Waals surface area contributed by atoms with Gasteiger partial charge in [0.15, 0.2) is 0 Å². The zero-order valence-corrected chi connectivity index (χ0v) is 11.6. The van der Waals surface area contributed by atoms with Crippen LogP contribution in [0.1, 0.15) is 24.8 Å². The Morgan fingerprint density at radius 3 is 2.44 bits per heavy atom. The van der Waals surface area contributed by atoms with Crippen molar-refractivity contribution < 1.29 is 9.84 Å². The highest BCUT2D eigenvalue weighted by molar-refractivity contribution is 14.1. The Morgan fingerprint density at radius 1 is 1.38 bits per heavy atom. The first kappa shape index (κ1) is 12.3. The van der Waals surface area contributed by atoms with Gasteiger partial charge in [-0.2, -0.15) is 0 Å². The molecule has 2 nitrogen and oxygen atoms in total. The van der Waals surface area contributed by atoms with Crippen LogP contribution in [0.4, 0.5) is 0 Å². The van der Waals surface area contributed by atoms with Crippen LogP contribution in [-0.2, 0) is 11.2 Å². The lowest BCUT2D eigenvalue weighted by atomic mass is 9.74. The second-order valence-electron chi connectivity index (χ2n) is 4.47. The van der Waals surface area contributed by atoms with E-state index in [1.807, 2.05) is 0 Å². The van der Waals surface area contributed by atoms with E-state index in [1.165, 1.54) is 9.13 Å². The first-order valence-corrected chi connectivity index (χ1v) is 6.72. The second kappa shape index (κ2) is 5.02. The maximum Gasteiger partial charge on any atom is 0.0939 e. The summed E-state index contributed by atoms with van der Waals surface area (Å²) < 4.78 is 6.70. The number of hydrogen-bond donors (Lipinski definition) is 1. The van der Waals surface area contributed by atoms with Gasteiger partial charge in [0.2, 0.25) is 0 Å². The summed E-state index contributed by atoms with van der Waals surface area (Å²) in [6, 6.07) is 8.30. The molecule has 88 valence electrons. The van der Waals surface area contributed by atoms with E-state index in [1.54, 1.807) is 7.11 Å². The van der Waals surface area contributed by atoms with Crippen molar-refractivity contribution in [3.63, 3.8) is 0 Å². The summed E-state index contributed by atoms with van der Waals surface area (Å²) in [6.45, 7) is 0. The lowest BCUT2D eigenvalue weighted by Crippen LogP contribution is -2.50. The van der Waals surface area contributed by atoms with E-state index in [0.29, 0.717) is 6.42 Å². The quantitative estimate of drug-likeness (QED) is 0.860. The van der Waals surface area contributed by atoms with Crippen LogP contribution in [0.15, 0.2) is 24.3 Å². The molecule has 1 aliphatic rings. The number of hydrogen-bond acceptors (Lipinski definition) is 2. The molecule has 0 aliphatic heterocycles. The Kier molecular flexibility index (Phi) is 3.87. The molecule has 1 aromatic carbocycles. The van der Waals surface area contributed by atoms with E-state index >= 15 is 0 Å². The summed E-state index contributed by atoms with van der Waals surface area (Å²) >= 11 is 2.29. The number of methoxy groups -OCH3 is 1. The highest BCUT2D eigenvalue weighted by Crippen LogP contribution is 2.39. The minimum absolute atomic E-state index is 0.275. The van der Waals surface area contributed by atoms with E-state index in [2.05, 4.69) is 46.9 Å². The first-order valence-electron chi connectivity index (χ1n) is 5.64. The van der Waals surface area contributed by atoms with Gasteiger partial charge in [-0.05, 0) is 59.5 Å². The summed E-state index contributed by atoms with van der Waals surface area (Å²) in [6.07, 6.45) is 3.43. The van der Waals surface area contributed by atoms with Crippen LogP contribution in [0.3, 0.4) is 0 Å². The fraction of sp³-hybridized carbons (Fsp3) is 0.538. The van der Waals surface area contributed by atoms with Crippen LogP contribution in [-0.4, -0.2) is 23.9 Å². The highest BCUT2D eigenvalue weighted by atomic mass is 127. The van der Waals surface area contributed by atoms with Crippen LogP contribution in [0.5, 0.6) is 0 Å². The monoisotopic (exact) mass is 332 g/mol. The van der Waals surface area contributed by atoms with Crippen LogP contribution in [0.25, 0.3) is 0 Å². The fourth-order valence-corrected chi connectivity index (χ4v) is 2.59. The molecule has 1 aromatic rings.